The van der Waals surface area contributed by atoms with E-state index in [1.165, 1.54) is 4.88 Å². The highest BCUT2D eigenvalue weighted by atomic mass is 79.9. The molecule has 0 aliphatic carbocycles. The van der Waals surface area contributed by atoms with Crippen molar-refractivity contribution in [3.8, 4) is 0 Å². The molecule has 0 aromatic carbocycles. The molecule has 1 aromatic rings. The second-order valence-electron chi connectivity index (χ2n) is 5.10. The Morgan fingerprint density at radius 3 is 2.68 bits per heavy atom. The number of nitrogens with one attached hydrogen (secondary N) is 1. The van der Waals surface area contributed by atoms with Crippen molar-refractivity contribution in [3.05, 3.63) is 20.8 Å². The van der Waals surface area contributed by atoms with E-state index in [0.29, 0.717) is 31.3 Å². The third-order valence-corrected chi connectivity index (χ3v) is 4.93. The molecule has 0 aliphatic heterocycles. The van der Waals surface area contributed by atoms with Gasteiger partial charge >= 0.3 is 0 Å². The summed E-state index contributed by atoms with van der Waals surface area (Å²) in [5, 5.41) is 2.97. The van der Waals surface area contributed by atoms with Crippen molar-refractivity contribution in [2.24, 2.45) is 17.6 Å². The Hall–Kier alpha value is -0.390. The third-order valence-electron chi connectivity index (χ3n) is 3.31. The van der Waals surface area contributed by atoms with Gasteiger partial charge < -0.3 is 11.1 Å². The van der Waals surface area contributed by atoms with E-state index in [2.05, 4.69) is 35.1 Å². The lowest BCUT2D eigenvalue weighted by Gasteiger charge is -2.19. The first-order valence-corrected chi connectivity index (χ1v) is 8.34. The standard InChI is InChI=1S/C14H23BrN2OS/c1-10(2)11(7-8-16)3-6-14(18)17-9-12-4-5-13(15)19-12/h4-5,10-11H,3,6-9,16H2,1-2H3,(H,17,18). The highest BCUT2D eigenvalue weighted by molar-refractivity contribution is 9.11. The molecule has 3 nitrogen and oxygen atoms in total. The smallest absolute Gasteiger partial charge is 0.220 e. The van der Waals surface area contributed by atoms with Crippen LogP contribution in [-0.4, -0.2) is 12.5 Å². The van der Waals surface area contributed by atoms with Crippen molar-refractivity contribution < 1.29 is 4.79 Å². The summed E-state index contributed by atoms with van der Waals surface area (Å²) in [5.74, 6) is 1.27. The van der Waals surface area contributed by atoms with Crippen LogP contribution < -0.4 is 11.1 Å². The van der Waals surface area contributed by atoms with Crippen LogP contribution in [0.15, 0.2) is 15.9 Å². The van der Waals surface area contributed by atoms with E-state index in [1.54, 1.807) is 11.3 Å². The van der Waals surface area contributed by atoms with E-state index in [0.717, 1.165) is 16.6 Å². The summed E-state index contributed by atoms with van der Waals surface area (Å²) in [6.07, 6.45) is 2.52. The van der Waals surface area contributed by atoms with Crippen LogP contribution in [0.3, 0.4) is 0 Å². The Bertz CT molecular complexity index is 393. The highest BCUT2D eigenvalue weighted by Crippen LogP contribution is 2.22. The van der Waals surface area contributed by atoms with Crippen LogP contribution in [0.2, 0.25) is 0 Å². The summed E-state index contributed by atoms with van der Waals surface area (Å²) in [7, 11) is 0. The van der Waals surface area contributed by atoms with Crippen LogP contribution in [0.4, 0.5) is 0 Å². The maximum atomic E-state index is 11.8. The van der Waals surface area contributed by atoms with Crippen LogP contribution in [0.1, 0.15) is 38.0 Å². The summed E-state index contributed by atoms with van der Waals surface area (Å²) >= 11 is 5.07. The van der Waals surface area contributed by atoms with Gasteiger partial charge in [-0.1, -0.05) is 13.8 Å². The second-order valence-corrected chi connectivity index (χ2v) is 7.65. The zero-order chi connectivity index (χ0) is 14.3. The van der Waals surface area contributed by atoms with E-state index in [-0.39, 0.29) is 5.91 Å². The molecule has 1 aromatic heterocycles. The fourth-order valence-corrected chi connectivity index (χ4v) is 3.49. The normalized spacial score (nSPS) is 12.7. The number of hydrogen-bond donors (Lipinski definition) is 2. The van der Waals surface area contributed by atoms with Gasteiger partial charge in [0.2, 0.25) is 5.91 Å². The Morgan fingerprint density at radius 1 is 1.42 bits per heavy atom. The predicted molar refractivity (Wildman–Crippen MR) is 85.1 cm³/mol. The molecular formula is C14H23BrN2OS. The van der Waals surface area contributed by atoms with Gasteiger partial charge in [0.05, 0.1) is 10.3 Å². The lowest BCUT2D eigenvalue weighted by molar-refractivity contribution is -0.121. The van der Waals surface area contributed by atoms with Crippen LogP contribution in [0.5, 0.6) is 0 Å². The summed E-state index contributed by atoms with van der Waals surface area (Å²) < 4.78 is 1.10. The predicted octanol–water partition coefficient (Wildman–Crippen LogP) is 3.53. The van der Waals surface area contributed by atoms with Gasteiger partial charge in [0, 0.05) is 11.3 Å². The van der Waals surface area contributed by atoms with E-state index < -0.39 is 0 Å². The molecule has 0 spiro atoms. The van der Waals surface area contributed by atoms with Gasteiger partial charge in [-0.25, -0.2) is 0 Å². The highest BCUT2D eigenvalue weighted by Gasteiger charge is 2.14. The second kappa shape index (κ2) is 8.72. The van der Waals surface area contributed by atoms with Gasteiger partial charge in [0.15, 0.2) is 0 Å². The maximum Gasteiger partial charge on any atom is 0.220 e. The fraction of sp³-hybridized carbons (Fsp3) is 0.643. The average Bonchev–Trinajstić information content (AvgIpc) is 2.77. The third kappa shape index (κ3) is 6.54. The molecule has 0 saturated carbocycles. The minimum absolute atomic E-state index is 0.132. The summed E-state index contributed by atoms with van der Waals surface area (Å²) in [4.78, 5) is 13.0. The Kier molecular flexibility index (Phi) is 7.64. The Balaban J connectivity index is 2.27. The van der Waals surface area contributed by atoms with Gasteiger partial charge in [-0.15, -0.1) is 11.3 Å². The molecule has 108 valence electrons. The first-order chi connectivity index (χ1) is 9.02. The summed E-state index contributed by atoms with van der Waals surface area (Å²) in [6, 6.07) is 4.03. The topological polar surface area (TPSA) is 55.1 Å². The molecule has 1 rings (SSSR count). The fourth-order valence-electron chi connectivity index (χ4n) is 2.06. The van der Waals surface area contributed by atoms with Gasteiger partial charge in [-0.2, -0.15) is 0 Å². The number of hydrogen-bond acceptors (Lipinski definition) is 3. The number of carbonyl (C=O) groups is 1. The zero-order valence-corrected chi connectivity index (χ0v) is 14.0. The van der Waals surface area contributed by atoms with E-state index in [4.69, 9.17) is 5.73 Å². The molecule has 5 heteroatoms. The molecule has 0 bridgehead atoms. The largest absolute Gasteiger partial charge is 0.351 e. The summed E-state index contributed by atoms with van der Waals surface area (Å²) in [6.45, 7) is 5.72. The molecule has 3 N–H and O–H groups in total. The van der Waals surface area contributed by atoms with Crippen molar-refractivity contribution in [1.29, 1.82) is 0 Å². The lowest BCUT2D eigenvalue weighted by atomic mass is 9.88. The number of halogens is 1. The van der Waals surface area contributed by atoms with Gasteiger partial charge in [-0.3, -0.25) is 4.79 Å². The summed E-state index contributed by atoms with van der Waals surface area (Å²) in [5.41, 5.74) is 5.61. The average molecular weight is 347 g/mol. The molecular weight excluding hydrogens is 324 g/mol. The first-order valence-electron chi connectivity index (χ1n) is 6.74. The molecule has 0 aliphatic rings. The molecule has 1 unspecified atom stereocenters. The van der Waals surface area contributed by atoms with Crippen molar-refractivity contribution in [1.82, 2.24) is 5.32 Å². The van der Waals surface area contributed by atoms with E-state index >= 15 is 0 Å². The molecule has 1 atom stereocenters. The number of carbonyl (C=O) groups excluding carboxylic acids is 1. The molecule has 19 heavy (non-hydrogen) atoms. The molecule has 0 saturated heterocycles. The molecule has 1 amide bonds. The van der Waals surface area contributed by atoms with E-state index in [9.17, 15) is 4.79 Å². The van der Waals surface area contributed by atoms with Crippen molar-refractivity contribution >= 4 is 33.2 Å². The maximum absolute atomic E-state index is 11.8. The molecule has 1 heterocycles. The number of thiophene rings is 1. The van der Waals surface area contributed by atoms with Crippen LogP contribution in [-0.2, 0) is 11.3 Å². The first kappa shape index (κ1) is 16.7. The monoisotopic (exact) mass is 346 g/mol. The number of rotatable bonds is 8. The van der Waals surface area contributed by atoms with Crippen molar-refractivity contribution in [2.45, 2.75) is 39.7 Å². The van der Waals surface area contributed by atoms with Crippen molar-refractivity contribution in [2.75, 3.05) is 6.54 Å². The lowest BCUT2D eigenvalue weighted by Crippen LogP contribution is -2.24. The Labute approximate surface area is 128 Å². The van der Waals surface area contributed by atoms with Crippen LogP contribution in [0.25, 0.3) is 0 Å². The zero-order valence-electron chi connectivity index (χ0n) is 11.6. The molecule has 0 fully saturated rings. The Morgan fingerprint density at radius 2 is 2.16 bits per heavy atom. The van der Waals surface area contributed by atoms with Crippen molar-refractivity contribution in [3.63, 3.8) is 0 Å². The minimum atomic E-state index is 0.132. The van der Waals surface area contributed by atoms with Gasteiger partial charge in [-0.05, 0) is 59.3 Å². The van der Waals surface area contributed by atoms with Gasteiger partial charge in [0.1, 0.15) is 0 Å². The quantitative estimate of drug-likeness (QED) is 0.756. The minimum Gasteiger partial charge on any atom is -0.351 e. The van der Waals surface area contributed by atoms with E-state index in [1.807, 2.05) is 12.1 Å². The van der Waals surface area contributed by atoms with Crippen LogP contribution in [0, 0.1) is 11.8 Å². The number of nitrogens with two attached hydrogens (primary N) is 1. The number of amides is 1. The van der Waals surface area contributed by atoms with Crippen LogP contribution >= 0.6 is 27.3 Å². The van der Waals surface area contributed by atoms with Gasteiger partial charge in [0.25, 0.3) is 0 Å². The molecule has 0 radical (unpaired) electrons. The SMILES string of the molecule is CC(C)C(CCN)CCC(=O)NCc1ccc(Br)s1.